The van der Waals surface area contributed by atoms with Crippen molar-refractivity contribution in [3.63, 3.8) is 0 Å². The van der Waals surface area contributed by atoms with E-state index in [4.69, 9.17) is 0 Å². The third-order valence-electron chi connectivity index (χ3n) is 5.11. The molecule has 1 fully saturated rings. The summed E-state index contributed by atoms with van der Waals surface area (Å²) < 4.78 is 28.0. The van der Waals surface area contributed by atoms with Gasteiger partial charge in [0.2, 0.25) is 10.0 Å². The van der Waals surface area contributed by atoms with Crippen LogP contribution in [0.5, 0.6) is 0 Å². The summed E-state index contributed by atoms with van der Waals surface area (Å²) in [5.41, 5.74) is 1.86. The van der Waals surface area contributed by atoms with Gasteiger partial charge in [0.25, 0.3) is 0 Å². The molecule has 1 aliphatic rings. The molecule has 0 aliphatic carbocycles. The average Bonchev–Trinajstić information content (AvgIpc) is 2.77. The molecule has 0 saturated carbocycles. The summed E-state index contributed by atoms with van der Waals surface area (Å²) >= 11 is 0. The molecule has 0 bridgehead atoms. The summed E-state index contributed by atoms with van der Waals surface area (Å²) in [7, 11) is -1.51. The van der Waals surface area contributed by atoms with Crippen molar-refractivity contribution in [1.29, 1.82) is 0 Å². The molecule has 0 unspecified atom stereocenters. The lowest BCUT2D eigenvalue weighted by atomic mass is 10.2. The van der Waals surface area contributed by atoms with Gasteiger partial charge in [-0.05, 0) is 31.2 Å². The molecule has 0 spiro atoms. The van der Waals surface area contributed by atoms with Crippen LogP contribution in [0.3, 0.4) is 0 Å². The van der Waals surface area contributed by atoms with Crippen LogP contribution in [0, 0.1) is 0 Å². The number of halogens is 1. The molecular weight excluding hydrogens is 525 g/mol. The highest BCUT2D eigenvalue weighted by Crippen LogP contribution is 2.21. The van der Waals surface area contributed by atoms with E-state index in [1.54, 1.807) is 16.4 Å². The predicted molar refractivity (Wildman–Crippen MR) is 136 cm³/mol. The van der Waals surface area contributed by atoms with Crippen molar-refractivity contribution in [2.75, 3.05) is 39.8 Å². The van der Waals surface area contributed by atoms with Crippen molar-refractivity contribution in [2.24, 2.45) is 4.99 Å². The van der Waals surface area contributed by atoms with E-state index in [1.807, 2.05) is 56.4 Å². The maximum absolute atomic E-state index is 13.2. The zero-order valence-corrected chi connectivity index (χ0v) is 21.3. The van der Waals surface area contributed by atoms with Crippen LogP contribution in [0.25, 0.3) is 0 Å². The van der Waals surface area contributed by atoms with Crippen LogP contribution in [0.2, 0.25) is 0 Å². The lowest BCUT2D eigenvalue weighted by Gasteiger charge is -2.32. The molecule has 31 heavy (non-hydrogen) atoms. The Kier molecular flexibility index (Phi) is 10.2. The van der Waals surface area contributed by atoms with Crippen molar-refractivity contribution in [2.45, 2.75) is 24.9 Å². The summed E-state index contributed by atoms with van der Waals surface area (Å²) in [6.45, 7) is 6.19. The third-order valence-corrected chi connectivity index (χ3v) is 7.10. The summed E-state index contributed by atoms with van der Waals surface area (Å²) in [5, 5.41) is 6.50. The molecule has 9 heteroatoms. The molecule has 2 aromatic rings. The topological polar surface area (TPSA) is 77.0 Å². The van der Waals surface area contributed by atoms with E-state index in [0.717, 1.165) is 30.8 Å². The second kappa shape index (κ2) is 12.4. The number of nitrogens with one attached hydrogen (secondary N) is 2. The summed E-state index contributed by atoms with van der Waals surface area (Å²) in [6.07, 6.45) is 0. The van der Waals surface area contributed by atoms with Gasteiger partial charge in [0.1, 0.15) is 0 Å². The van der Waals surface area contributed by atoms with E-state index in [0.29, 0.717) is 37.0 Å². The van der Waals surface area contributed by atoms with Gasteiger partial charge < -0.3 is 15.5 Å². The van der Waals surface area contributed by atoms with E-state index >= 15 is 0 Å². The Morgan fingerprint density at radius 1 is 0.968 bits per heavy atom. The van der Waals surface area contributed by atoms with Gasteiger partial charge in [-0.2, -0.15) is 4.31 Å². The SMILES string of the molecule is CCNC(=NCc1ccccc1)NCc1ccccc1S(=O)(=O)N1CCN(C)CC1.I. The van der Waals surface area contributed by atoms with Crippen molar-refractivity contribution in [3.8, 4) is 0 Å². The molecule has 170 valence electrons. The van der Waals surface area contributed by atoms with Gasteiger partial charge in [-0.1, -0.05) is 48.5 Å². The maximum Gasteiger partial charge on any atom is 0.243 e. The average molecular weight is 558 g/mol. The van der Waals surface area contributed by atoms with Gasteiger partial charge in [-0.3, -0.25) is 0 Å². The van der Waals surface area contributed by atoms with E-state index < -0.39 is 10.0 Å². The Bertz CT molecular complexity index is 945. The van der Waals surface area contributed by atoms with Crippen molar-refractivity contribution in [1.82, 2.24) is 19.8 Å². The van der Waals surface area contributed by atoms with Crippen LogP contribution in [-0.2, 0) is 23.1 Å². The zero-order chi connectivity index (χ0) is 21.4. The number of aliphatic imine (C=N–C) groups is 1. The molecule has 0 radical (unpaired) electrons. The largest absolute Gasteiger partial charge is 0.357 e. The number of likely N-dealkylation sites (N-methyl/N-ethyl adjacent to an activating group) is 1. The van der Waals surface area contributed by atoms with E-state index in [1.165, 1.54) is 0 Å². The van der Waals surface area contributed by atoms with Crippen LogP contribution in [0.15, 0.2) is 64.5 Å². The lowest BCUT2D eigenvalue weighted by Crippen LogP contribution is -2.47. The number of guanidine groups is 1. The molecule has 2 N–H and O–H groups in total. The highest BCUT2D eigenvalue weighted by molar-refractivity contribution is 14.0. The van der Waals surface area contributed by atoms with Crippen molar-refractivity contribution in [3.05, 3.63) is 65.7 Å². The first-order valence-electron chi connectivity index (χ1n) is 10.3. The lowest BCUT2D eigenvalue weighted by molar-refractivity contribution is 0.222. The van der Waals surface area contributed by atoms with Gasteiger partial charge in [-0.15, -0.1) is 24.0 Å². The predicted octanol–water partition coefficient (Wildman–Crippen LogP) is 2.50. The maximum atomic E-state index is 13.2. The minimum absolute atomic E-state index is 0. The van der Waals surface area contributed by atoms with Gasteiger partial charge in [-0.25, -0.2) is 13.4 Å². The van der Waals surface area contributed by atoms with Gasteiger partial charge >= 0.3 is 0 Å². The van der Waals surface area contributed by atoms with Crippen LogP contribution in [0.4, 0.5) is 0 Å². The summed E-state index contributed by atoms with van der Waals surface area (Å²) in [6, 6.07) is 17.2. The number of sulfonamides is 1. The van der Waals surface area contributed by atoms with Crippen LogP contribution in [-0.4, -0.2) is 63.4 Å². The minimum Gasteiger partial charge on any atom is -0.357 e. The van der Waals surface area contributed by atoms with E-state index in [-0.39, 0.29) is 24.0 Å². The van der Waals surface area contributed by atoms with E-state index in [2.05, 4.69) is 20.5 Å². The molecular formula is C22H32IN5O2S. The Hall–Kier alpha value is -1.69. The van der Waals surface area contributed by atoms with E-state index in [9.17, 15) is 8.42 Å². The first kappa shape index (κ1) is 25.6. The minimum atomic E-state index is -3.53. The van der Waals surface area contributed by atoms with Crippen LogP contribution in [0.1, 0.15) is 18.1 Å². The molecule has 0 aromatic heterocycles. The molecule has 0 amide bonds. The number of rotatable bonds is 7. The number of hydrogen-bond donors (Lipinski definition) is 2. The molecule has 1 saturated heterocycles. The number of piperazine rings is 1. The quantitative estimate of drug-likeness (QED) is 0.311. The Balaban J connectivity index is 0.00000341. The smallest absolute Gasteiger partial charge is 0.243 e. The van der Waals surface area contributed by atoms with Gasteiger partial charge in [0, 0.05) is 39.3 Å². The molecule has 3 rings (SSSR count). The van der Waals surface area contributed by atoms with Crippen LogP contribution >= 0.6 is 24.0 Å². The number of benzene rings is 2. The zero-order valence-electron chi connectivity index (χ0n) is 18.1. The van der Waals surface area contributed by atoms with Crippen molar-refractivity contribution >= 4 is 40.0 Å². The molecule has 1 heterocycles. The normalized spacial score (nSPS) is 15.9. The fourth-order valence-corrected chi connectivity index (χ4v) is 4.99. The van der Waals surface area contributed by atoms with Crippen LogP contribution < -0.4 is 10.6 Å². The number of nitrogens with zero attached hydrogens (tertiary/aromatic N) is 3. The van der Waals surface area contributed by atoms with Gasteiger partial charge in [0.15, 0.2) is 5.96 Å². The number of hydrogen-bond acceptors (Lipinski definition) is 4. The fraction of sp³-hybridized carbons (Fsp3) is 0.409. The monoisotopic (exact) mass is 557 g/mol. The molecule has 2 aromatic carbocycles. The second-order valence-corrected chi connectivity index (χ2v) is 9.26. The van der Waals surface area contributed by atoms with Crippen molar-refractivity contribution < 1.29 is 8.42 Å². The molecule has 7 nitrogen and oxygen atoms in total. The standard InChI is InChI=1S/C22H31N5O2S.HI/c1-3-23-22(24-17-19-9-5-4-6-10-19)25-18-20-11-7-8-12-21(20)30(28,29)27-15-13-26(2)14-16-27;/h4-12H,3,13-18H2,1-2H3,(H2,23,24,25);1H. The highest BCUT2D eigenvalue weighted by Gasteiger charge is 2.29. The van der Waals surface area contributed by atoms with Gasteiger partial charge in [0.05, 0.1) is 11.4 Å². The fourth-order valence-electron chi connectivity index (χ4n) is 3.34. The summed E-state index contributed by atoms with van der Waals surface area (Å²) in [5.74, 6) is 0.660. The Morgan fingerprint density at radius 3 is 2.29 bits per heavy atom. The molecule has 0 atom stereocenters. The Labute approximate surface area is 203 Å². The first-order chi connectivity index (χ1) is 14.5. The highest BCUT2D eigenvalue weighted by atomic mass is 127. The third kappa shape index (κ3) is 7.16. The molecule has 1 aliphatic heterocycles. The second-order valence-electron chi connectivity index (χ2n) is 7.35. The summed E-state index contributed by atoms with van der Waals surface area (Å²) in [4.78, 5) is 7.12. The first-order valence-corrected chi connectivity index (χ1v) is 11.8. The Morgan fingerprint density at radius 2 is 1.61 bits per heavy atom.